The highest BCUT2D eigenvalue weighted by atomic mass is 79.9. The molecule has 0 saturated carbocycles. The molecule has 0 aromatic carbocycles. The van der Waals surface area contributed by atoms with Crippen molar-refractivity contribution in [1.82, 2.24) is 0 Å². The fourth-order valence-corrected chi connectivity index (χ4v) is 1.87. The molecular formula is C10H13BrO4. The Balaban J connectivity index is 3.00. The summed E-state index contributed by atoms with van der Waals surface area (Å²) in [6, 6.07) is 0. The Morgan fingerprint density at radius 2 is 2.33 bits per heavy atom. The molecule has 84 valence electrons. The molecule has 0 aromatic rings. The average molecular weight is 277 g/mol. The van der Waals surface area contributed by atoms with Crippen molar-refractivity contribution >= 4 is 21.9 Å². The average Bonchev–Trinajstić information content (AvgIpc) is 2.15. The lowest BCUT2D eigenvalue weighted by molar-refractivity contribution is -0.133. The van der Waals surface area contributed by atoms with Crippen molar-refractivity contribution in [2.45, 2.75) is 30.2 Å². The van der Waals surface area contributed by atoms with Crippen LogP contribution in [-0.4, -0.2) is 31.7 Å². The molecule has 15 heavy (non-hydrogen) atoms. The highest BCUT2D eigenvalue weighted by molar-refractivity contribution is 9.09. The lowest BCUT2D eigenvalue weighted by Gasteiger charge is -2.31. The summed E-state index contributed by atoms with van der Waals surface area (Å²) in [5.74, 6) is -1.33. The fraction of sp³-hybridized carbons (Fsp3) is 0.500. The van der Waals surface area contributed by atoms with Gasteiger partial charge in [0.2, 0.25) is 0 Å². The number of hydrogen-bond donors (Lipinski definition) is 3. The van der Waals surface area contributed by atoms with Crippen molar-refractivity contribution in [3.8, 4) is 0 Å². The lowest BCUT2D eigenvalue weighted by atomic mass is 9.85. The standard InChI is InChI=1S/C10H13BrO4/c1-2-8(11)10(15)4-6(9(13)14)3-7(12)5-10/h3,5,8,12,15H,2,4H2,1H3,(H,13,14). The van der Waals surface area contributed by atoms with Crippen LogP contribution >= 0.6 is 15.9 Å². The van der Waals surface area contributed by atoms with Crippen LogP contribution in [0.2, 0.25) is 0 Å². The molecule has 0 aliphatic heterocycles. The van der Waals surface area contributed by atoms with E-state index in [0.29, 0.717) is 6.42 Å². The van der Waals surface area contributed by atoms with Gasteiger partial charge in [0, 0.05) is 16.8 Å². The Morgan fingerprint density at radius 3 is 2.80 bits per heavy atom. The minimum Gasteiger partial charge on any atom is -0.508 e. The minimum atomic E-state index is -1.33. The third kappa shape index (κ3) is 2.60. The molecule has 0 aromatic heterocycles. The Bertz CT molecular complexity index is 334. The molecule has 0 saturated heterocycles. The van der Waals surface area contributed by atoms with E-state index < -0.39 is 11.6 Å². The summed E-state index contributed by atoms with van der Waals surface area (Å²) in [5.41, 5.74) is -1.32. The smallest absolute Gasteiger partial charge is 0.331 e. The van der Waals surface area contributed by atoms with Gasteiger partial charge in [0.15, 0.2) is 0 Å². The number of carbonyl (C=O) groups is 1. The molecule has 2 unspecified atom stereocenters. The van der Waals surface area contributed by atoms with Gasteiger partial charge in [-0.25, -0.2) is 4.79 Å². The van der Waals surface area contributed by atoms with Gasteiger partial charge in [-0.2, -0.15) is 0 Å². The second-order valence-corrected chi connectivity index (χ2v) is 4.69. The Kier molecular flexibility index (Phi) is 3.57. The molecule has 0 bridgehead atoms. The summed E-state index contributed by atoms with van der Waals surface area (Å²) in [7, 11) is 0. The van der Waals surface area contributed by atoms with Crippen molar-refractivity contribution in [1.29, 1.82) is 0 Å². The first-order valence-electron chi connectivity index (χ1n) is 4.61. The van der Waals surface area contributed by atoms with Crippen molar-refractivity contribution < 1.29 is 20.1 Å². The maximum absolute atomic E-state index is 10.8. The van der Waals surface area contributed by atoms with Gasteiger partial charge in [-0.15, -0.1) is 0 Å². The van der Waals surface area contributed by atoms with Crippen molar-refractivity contribution in [2.75, 3.05) is 0 Å². The number of allylic oxidation sites excluding steroid dienone is 1. The topological polar surface area (TPSA) is 77.8 Å². The first-order valence-corrected chi connectivity index (χ1v) is 5.52. The van der Waals surface area contributed by atoms with Gasteiger partial charge in [-0.1, -0.05) is 22.9 Å². The number of carboxylic acid groups (broad SMARTS) is 1. The van der Waals surface area contributed by atoms with Gasteiger partial charge in [0.1, 0.15) is 11.4 Å². The monoisotopic (exact) mass is 276 g/mol. The van der Waals surface area contributed by atoms with Crippen molar-refractivity contribution in [3.05, 3.63) is 23.5 Å². The molecule has 0 fully saturated rings. The first-order chi connectivity index (χ1) is 6.89. The maximum Gasteiger partial charge on any atom is 0.331 e. The van der Waals surface area contributed by atoms with Crippen LogP contribution in [0.5, 0.6) is 0 Å². The van der Waals surface area contributed by atoms with Crippen LogP contribution in [0.25, 0.3) is 0 Å². The third-order valence-electron chi connectivity index (χ3n) is 2.37. The Labute approximate surface area is 96.1 Å². The summed E-state index contributed by atoms with van der Waals surface area (Å²) in [4.78, 5) is 10.5. The number of rotatable bonds is 3. The second kappa shape index (κ2) is 4.37. The first kappa shape index (κ1) is 12.3. The number of halogens is 1. The predicted molar refractivity (Wildman–Crippen MR) is 59.0 cm³/mol. The Morgan fingerprint density at radius 1 is 1.73 bits per heavy atom. The lowest BCUT2D eigenvalue weighted by Crippen LogP contribution is -2.39. The van der Waals surface area contributed by atoms with Crippen LogP contribution in [0, 0.1) is 0 Å². The molecule has 1 aliphatic carbocycles. The highest BCUT2D eigenvalue weighted by Crippen LogP contribution is 2.33. The Hall–Kier alpha value is -0.810. The fourth-order valence-electron chi connectivity index (χ4n) is 1.58. The summed E-state index contributed by atoms with van der Waals surface area (Å²) in [6.07, 6.45) is 3.07. The molecule has 2 atom stereocenters. The number of aliphatic carboxylic acids is 1. The molecule has 5 heteroatoms. The van der Waals surface area contributed by atoms with Crippen molar-refractivity contribution in [3.63, 3.8) is 0 Å². The van der Waals surface area contributed by atoms with Crippen LogP contribution in [0.15, 0.2) is 23.5 Å². The van der Waals surface area contributed by atoms with Crippen LogP contribution in [0.3, 0.4) is 0 Å². The SMILES string of the molecule is CCC(Br)C1(O)C=C(O)C=C(C(=O)O)C1. The van der Waals surface area contributed by atoms with Gasteiger partial charge in [0.25, 0.3) is 0 Å². The van der Waals surface area contributed by atoms with Crippen molar-refractivity contribution in [2.24, 2.45) is 0 Å². The molecule has 0 heterocycles. The molecule has 0 amide bonds. The van der Waals surface area contributed by atoms with Gasteiger partial charge >= 0.3 is 5.97 Å². The molecule has 0 radical (unpaired) electrons. The van der Waals surface area contributed by atoms with E-state index in [-0.39, 0.29) is 22.6 Å². The van der Waals surface area contributed by atoms with E-state index in [2.05, 4.69) is 15.9 Å². The van der Waals surface area contributed by atoms with E-state index in [1.54, 1.807) is 0 Å². The van der Waals surface area contributed by atoms with E-state index >= 15 is 0 Å². The minimum absolute atomic E-state index is 0.00382. The summed E-state index contributed by atoms with van der Waals surface area (Å²) < 4.78 is 0. The van der Waals surface area contributed by atoms with Gasteiger partial charge in [-0.3, -0.25) is 0 Å². The maximum atomic E-state index is 10.8. The number of hydrogen-bond acceptors (Lipinski definition) is 3. The normalized spacial score (nSPS) is 27.9. The molecular weight excluding hydrogens is 264 g/mol. The molecule has 1 rings (SSSR count). The molecule has 1 aliphatic rings. The van der Waals surface area contributed by atoms with E-state index in [0.717, 1.165) is 6.08 Å². The number of aliphatic hydroxyl groups is 2. The van der Waals surface area contributed by atoms with E-state index in [1.165, 1.54) is 6.08 Å². The van der Waals surface area contributed by atoms with Crippen LogP contribution in [-0.2, 0) is 4.79 Å². The zero-order valence-corrected chi connectivity index (χ0v) is 9.86. The zero-order chi connectivity index (χ0) is 11.6. The zero-order valence-electron chi connectivity index (χ0n) is 8.27. The van der Waals surface area contributed by atoms with E-state index in [9.17, 15) is 15.0 Å². The quantitative estimate of drug-likeness (QED) is 0.687. The third-order valence-corrected chi connectivity index (χ3v) is 3.81. The molecule has 3 N–H and O–H groups in total. The number of aliphatic hydroxyl groups excluding tert-OH is 1. The van der Waals surface area contributed by atoms with E-state index in [4.69, 9.17) is 5.11 Å². The summed E-state index contributed by atoms with van der Waals surface area (Å²) in [5, 5.41) is 28.3. The second-order valence-electron chi connectivity index (χ2n) is 3.59. The van der Waals surface area contributed by atoms with Crippen LogP contribution in [0.4, 0.5) is 0 Å². The van der Waals surface area contributed by atoms with Crippen LogP contribution < -0.4 is 0 Å². The largest absolute Gasteiger partial charge is 0.508 e. The van der Waals surface area contributed by atoms with Crippen LogP contribution in [0.1, 0.15) is 19.8 Å². The van der Waals surface area contributed by atoms with E-state index in [1.807, 2.05) is 6.92 Å². The summed E-state index contributed by atoms with van der Waals surface area (Å²) in [6.45, 7) is 1.86. The highest BCUT2D eigenvalue weighted by Gasteiger charge is 2.37. The van der Waals surface area contributed by atoms with Gasteiger partial charge < -0.3 is 15.3 Å². The summed E-state index contributed by atoms with van der Waals surface area (Å²) >= 11 is 3.27. The molecule has 0 spiro atoms. The number of carboxylic acids is 1. The van der Waals surface area contributed by atoms with Gasteiger partial charge in [-0.05, 0) is 18.6 Å². The number of alkyl halides is 1. The predicted octanol–water partition coefficient (Wildman–Crippen LogP) is 1.75. The molecule has 4 nitrogen and oxygen atoms in total. The van der Waals surface area contributed by atoms with Gasteiger partial charge in [0.05, 0.1) is 0 Å².